The Bertz CT molecular complexity index is 1050. The van der Waals surface area contributed by atoms with Crippen molar-refractivity contribution in [3.05, 3.63) is 48.1 Å². The summed E-state index contributed by atoms with van der Waals surface area (Å²) in [5.74, 6) is -0.199. The van der Waals surface area contributed by atoms with Crippen LogP contribution >= 0.6 is 0 Å². The molecular weight excluding hydrogens is 472 g/mol. The quantitative estimate of drug-likeness (QED) is 0.234. The molecular formula is C29H40N2O6. The van der Waals surface area contributed by atoms with Gasteiger partial charge >= 0.3 is 17.9 Å². The lowest BCUT2D eigenvalue weighted by Crippen LogP contribution is -2.41. The molecule has 1 aromatic heterocycles. The molecule has 0 N–H and O–H groups in total. The zero-order valence-corrected chi connectivity index (χ0v) is 22.8. The van der Waals surface area contributed by atoms with Crippen LogP contribution in [0.25, 0.3) is 6.08 Å². The second-order valence-electron chi connectivity index (χ2n) is 10.6. The minimum Gasteiger partial charge on any atom is -0.459 e. The van der Waals surface area contributed by atoms with E-state index >= 15 is 0 Å². The third-order valence-corrected chi connectivity index (χ3v) is 7.35. The average molecular weight is 513 g/mol. The maximum absolute atomic E-state index is 12.7. The third kappa shape index (κ3) is 8.17. The first-order chi connectivity index (χ1) is 17.5. The maximum atomic E-state index is 12.7. The summed E-state index contributed by atoms with van der Waals surface area (Å²) in [6.07, 6.45) is 13.4. The van der Waals surface area contributed by atoms with Gasteiger partial charge in [-0.3, -0.25) is 9.59 Å². The Balaban J connectivity index is 1.91. The lowest BCUT2D eigenvalue weighted by molar-refractivity contribution is -0.164. The molecule has 0 unspecified atom stereocenters. The predicted octanol–water partition coefficient (Wildman–Crippen LogP) is 4.80. The highest BCUT2D eigenvalue weighted by Crippen LogP contribution is 2.45. The summed E-state index contributed by atoms with van der Waals surface area (Å²) in [7, 11) is 1.87. The molecule has 8 nitrogen and oxygen atoms in total. The van der Waals surface area contributed by atoms with Gasteiger partial charge in [0.25, 0.3) is 0 Å². The van der Waals surface area contributed by atoms with Crippen LogP contribution in [0, 0.1) is 23.7 Å². The topological polar surface area (TPSA) is 96.7 Å². The van der Waals surface area contributed by atoms with Crippen LogP contribution in [0.4, 0.5) is 0 Å². The van der Waals surface area contributed by atoms with Crippen LogP contribution in [0.1, 0.15) is 66.0 Å². The van der Waals surface area contributed by atoms with E-state index in [0.717, 1.165) is 6.42 Å². The van der Waals surface area contributed by atoms with Crippen molar-refractivity contribution in [1.82, 2.24) is 9.55 Å². The molecule has 0 aliphatic heterocycles. The van der Waals surface area contributed by atoms with Crippen molar-refractivity contribution in [2.24, 2.45) is 30.7 Å². The highest BCUT2D eigenvalue weighted by atomic mass is 16.6. The van der Waals surface area contributed by atoms with Crippen molar-refractivity contribution in [1.29, 1.82) is 0 Å². The molecule has 202 valence electrons. The molecule has 6 atom stereocenters. The summed E-state index contributed by atoms with van der Waals surface area (Å²) in [5, 5.41) is 0. The Hall–Kier alpha value is -3.16. The number of esters is 3. The molecule has 0 aromatic carbocycles. The zero-order chi connectivity index (χ0) is 27.1. The normalized spacial score (nSPS) is 29.2. The lowest BCUT2D eigenvalue weighted by Gasteiger charge is -2.43. The Morgan fingerprint density at radius 2 is 1.81 bits per heavy atom. The molecule has 1 aromatic rings. The number of ether oxygens (including phenoxy) is 3. The van der Waals surface area contributed by atoms with Crippen molar-refractivity contribution in [2.75, 3.05) is 0 Å². The van der Waals surface area contributed by atoms with Crippen LogP contribution in [0.2, 0.25) is 0 Å². The van der Waals surface area contributed by atoms with E-state index in [1.54, 1.807) is 18.5 Å². The largest absolute Gasteiger partial charge is 0.459 e. The summed E-state index contributed by atoms with van der Waals surface area (Å²) < 4.78 is 19.1. The SMILES string of the molecule is CC(=O)O[C@H]1/C=C\C[C@@H](OC(=O)/C=C/c2cn(C)cn2)C[C@H]2C(C)=CC[C@H](C(C)C)[C@H]2C[C@H]1OC(C)=O. The highest BCUT2D eigenvalue weighted by Gasteiger charge is 2.41. The molecule has 0 spiro atoms. The van der Waals surface area contributed by atoms with Gasteiger partial charge in [-0.2, -0.15) is 0 Å². The summed E-state index contributed by atoms with van der Waals surface area (Å²) in [5.41, 5.74) is 1.93. The number of aromatic nitrogens is 2. The van der Waals surface area contributed by atoms with Gasteiger partial charge in [0.2, 0.25) is 0 Å². The molecule has 3 rings (SSSR count). The summed E-state index contributed by atoms with van der Waals surface area (Å²) in [6, 6.07) is 0. The number of rotatable bonds is 6. The molecule has 0 saturated heterocycles. The van der Waals surface area contributed by atoms with Gasteiger partial charge in [-0.15, -0.1) is 0 Å². The molecule has 0 radical (unpaired) electrons. The van der Waals surface area contributed by atoms with Crippen molar-refractivity contribution >= 4 is 24.0 Å². The second-order valence-corrected chi connectivity index (χ2v) is 10.6. The number of nitrogens with zero attached hydrogens (tertiary/aromatic N) is 2. The molecule has 0 bridgehead atoms. The van der Waals surface area contributed by atoms with E-state index in [1.807, 2.05) is 23.9 Å². The van der Waals surface area contributed by atoms with Crippen LogP contribution in [0.15, 0.2) is 42.4 Å². The fraction of sp³-hybridized carbons (Fsp3) is 0.586. The smallest absolute Gasteiger partial charge is 0.331 e. The maximum Gasteiger partial charge on any atom is 0.331 e. The Morgan fingerprint density at radius 3 is 2.43 bits per heavy atom. The number of hydrogen-bond donors (Lipinski definition) is 0. The first kappa shape index (κ1) is 28.4. The van der Waals surface area contributed by atoms with E-state index < -0.39 is 30.1 Å². The van der Waals surface area contributed by atoms with E-state index in [0.29, 0.717) is 36.8 Å². The number of carbonyl (C=O) groups is 3. The van der Waals surface area contributed by atoms with Crippen LogP contribution < -0.4 is 0 Å². The van der Waals surface area contributed by atoms with Crippen molar-refractivity contribution in [2.45, 2.75) is 78.6 Å². The fourth-order valence-corrected chi connectivity index (χ4v) is 5.63. The van der Waals surface area contributed by atoms with E-state index in [-0.39, 0.29) is 17.9 Å². The van der Waals surface area contributed by atoms with Gasteiger partial charge in [0, 0.05) is 39.6 Å². The van der Waals surface area contributed by atoms with Crippen molar-refractivity contribution in [3.8, 4) is 0 Å². The van der Waals surface area contributed by atoms with Crippen molar-refractivity contribution < 1.29 is 28.6 Å². The standard InChI is InChI=1S/C29H40N2O6/c1-18(2)24-12-10-19(3)25-14-23(37-29(34)13-11-22-16-31(6)17-30-22)8-7-9-27(35-20(4)32)28(15-26(24)25)36-21(5)33/h7,9-11,13,16-18,23-28H,8,12,14-15H2,1-6H3/b9-7-,13-11+/t23-,24-,25+,26-,27+,28-/m1/s1. The number of allylic oxidation sites excluding steroid dienone is 2. The number of fused-ring (bicyclic) bond motifs is 1. The van der Waals surface area contributed by atoms with E-state index in [4.69, 9.17) is 14.2 Å². The molecule has 0 saturated carbocycles. The lowest BCUT2D eigenvalue weighted by atomic mass is 9.64. The van der Waals surface area contributed by atoms with Gasteiger partial charge in [-0.05, 0) is 62.0 Å². The molecule has 8 heteroatoms. The van der Waals surface area contributed by atoms with Gasteiger partial charge in [-0.25, -0.2) is 9.78 Å². The average Bonchev–Trinajstić information content (AvgIpc) is 3.22. The van der Waals surface area contributed by atoms with Crippen LogP contribution in [0.5, 0.6) is 0 Å². The van der Waals surface area contributed by atoms with E-state index in [2.05, 4.69) is 31.8 Å². The van der Waals surface area contributed by atoms with E-state index in [1.165, 1.54) is 25.5 Å². The number of imidazole rings is 1. The molecule has 0 amide bonds. The van der Waals surface area contributed by atoms with Crippen molar-refractivity contribution in [3.63, 3.8) is 0 Å². The fourth-order valence-electron chi connectivity index (χ4n) is 5.63. The predicted molar refractivity (Wildman–Crippen MR) is 140 cm³/mol. The minimum absolute atomic E-state index is 0.140. The monoisotopic (exact) mass is 512 g/mol. The Kier molecular flexibility index (Phi) is 9.89. The third-order valence-electron chi connectivity index (χ3n) is 7.35. The summed E-state index contributed by atoms with van der Waals surface area (Å²) >= 11 is 0. The summed E-state index contributed by atoms with van der Waals surface area (Å²) in [4.78, 5) is 40.9. The van der Waals surface area contributed by atoms with Gasteiger partial charge < -0.3 is 18.8 Å². The number of aryl methyl sites for hydroxylation is 1. The number of hydrogen-bond acceptors (Lipinski definition) is 7. The molecule has 37 heavy (non-hydrogen) atoms. The van der Waals surface area contributed by atoms with Gasteiger partial charge in [-0.1, -0.05) is 31.6 Å². The van der Waals surface area contributed by atoms with Gasteiger partial charge in [0.15, 0.2) is 6.10 Å². The van der Waals surface area contributed by atoms with Gasteiger partial charge in [0.05, 0.1) is 12.0 Å². The molecule has 1 heterocycles. The molecule has 2 aliphatic carbocycles. The zero-order valence-electron chi connectivity index (χ0n) is 22.8. The summed E-state index contributed by atoms with van der Waals surface area (Å²) in [6.45, 7) is 9.27. The van der Waals surface area contributed by atoms with E-state index in [9.17, 15) is 14.4 Å². The Morgan fingerprint density at radius 1 is 1.08 bits per heavy atom. The van der Waals surface area contributed by atoms with Crippen LogP contribution in [0.3, 0.4) is 0 Å². The Labute approximate surface area is 219 Å². The van der Waals surface area contributed by atoms with Crippen LogP contribution in [-0.4, -0.2) is 45.8 Å². The first-order valence-electron chi connectivity index (χ1n) is 13.1. The van der Waals surface area contributed by atoms with Gasteiger partial charge in [0.1, 0.15) is 12.2 Å². The number of carbonyl (C=O) groups excluding carboxylic acids is 3. The molecule has 0 fully saturated rings. The first-order valence-corrected chi connectivity index (χ1v) is 13.1. The van der Waals surface area contributed by atoms with Crippen LogP contribution in [-0.2, 0) is 35.6 Å². The second kappa shape index (κ2) is 12.9. The highest BCUT2D eigenvalue weighted by molar-refractivity contribution is 5.86. The minimum atomic E-state index is -0.709. The molecule has 2 aliphatic rings.